The minimum absolute atomic E-state index is 0.497. The van der Waals surface area contributed by atoms with Gasteiger partial charge in [-0.3, -0.25) is 4.98 Å². The van der Waals surface area contributed by atoms with Crippen LogP contribution in [0.1, 0.15) is 11.8 Å². The molecule has 0 aromatic carbocycles. The molecule has 0 saturated carbocycles. The molecular formula is C9H13N2O. The highest BCUT2D eigenvalue weighted by atomic mass is 16.3. The number of hydrogen-bond donors (Lipinski definition) is 1. The SMILES string of the molecule is [CH2]N(C)C[C@H](O)c1ccccn1. The van der Waals surface area contributed by atoms with E-state index in [4.69, 9.17) is 0 Å². The Balaban J connectivity index is 2.59. The number of aliphatic hydroxyl groups excluding tert-OH is 1. The minimum Gasteiger partial charge on any atom is -0.385 e. The van der Waals surface area contributed by atoms with Crippen molar-refractivity contribution in [1.82, 2.24) is 9.88 Å². The van der Waals surface area contributed by atoms with Crippen LogP contribution >= 0.6 is 0 Å². The molecule has 65 valence electrons. The largest absolute Gasteiger partial charge is 0.385 e. The fourth-order valence-corrected chi connectivity index (χ4v) is 0.962. The number of pyridine rings is 1. The van der Waals surface area contributed by atoms with E-state index < -0.39 is 6.10 Å². The molecule has 0 unspecified atom stereocenters. The van der Waals surface area contributed by atoms with Crippen molar-refractivity contribution in [1.29, 1.82) is 0 Å². The van der Waals surface area contributed by atoms with Gasteiger partial charge in [0, 0.05) is 19.8 Å². The van der Waals surface area contributed by atoms with Gasteiger partial charge in [0.25, 0.3) is 0 Å². The van der Waals surface area contributed by atoms with Crippen molar-refractivity contribution in [2.24, 2.45) is 0 Å². The van der Waals surface area contributed by atoms with E-state index in [9.17, 15) is 5.11 Å². The lowest BCUT2D eigenvalue weighted by Gasteiger charge is -2.14. The van der Waals surface area contributed by atoms with Crippen molar-refractivity contribution in [3.8, 4) is 0 Å². The molecule has 0 amide bonds. The predicted octanol–water partition coefficient (Wildman–Crippen LogP) is 0.838. The molecule has 1 aromatic heterocycles. The Morgan fingerprint density at radius 1 is 1.67 bits per heavy atom. The maximum Gasteiger partial charge on any atom is 0.109 e. The van der Waals surface area contributed by atoms with E-state index in [0.717, 1.165) is 0 Å². The molecule has 1 aromatic rings. The van der Waals surface area contributed by atoms with E-state index >= 15 is 0 Å². The first-order chi connectivity index (χ1) is 5.70. The van der Waals surface area contributed by atoms with E-state index in [1.165, 1.54) is 0 Å². The average molecular weight is 165 g/mol. The molecule has 0 aliphatic heterocycles. The fraction of sp³-hybridized carbons (Fsp3) is 0.333. The monoisotopic (exact) mass is 165 g/mol. The van der Waals surface area contributed by atoms with Crippen molar-refractivity contribution in [2.75, 3.05) is 13.6 Å². The molecule has 0 fully saturated rings. The first kappa shape index (κ1) is 9.16. The Morgan fingerprint density at radius 3 is 2.92 bits per heavy atom. The van der Waals surface area contributed by atoms with Gasteiger partial charge in [-0.25, -0.2) is 0 Å². The first-order valence-electron chi connectivity index (χ1n) is 3.81. The molecule has 1 rings (SSSR count). The lowest BCUT2D eigenvalue weighted by atomic mass is 10.2. The molecule has 0 aliphatic rings. The Hall–Kier alpha value is -0.930. The molecule has 1 atom stereocenters. The third kappa shape index (κ3) is 2.60. The van der Waals surface area contributed by atoms with Crippen molar-refractivity contribution in [2.45, 2.75) is 6.10 Å². The van der Waals surface area contributed by atoms with E-state index in [0.29, 0.717) is 12.2 Å². The average Bonchev–Trinajstić information content (AvgIpc) is 2.05. The standard InChI is InChI=1S/C9H13N2O/c1-11(2)7-9(12)8-5-3-4-6-10-8/h3-6,9,12H,1,7H2,2H3/t9-/m0/s1. The van der Waals surface area contributed by atoms with Gasteiger partial charge in [-0.2, -0.15) is 0 Å². The maximum absolute atomic E-state index is 9.55. The van der Waals surface area contributed by atoms with E-state index in [1.54, 1.807) is 17.2 Å². The van der Waals surface area contributed by atoms with Crippen LogP contribution in [0, 0.1) is 7.05 Å². The molecule has 12 heavy (non-hydrogen) atoms. The summed E-state index contributed by atoms with van der Waals surface area (Å²) in [6, 6.07) is 5.48. The second kappa shape index (κ2) is 4.18. The molecule has 3 heteroatoms. The lowest BCUT2D eigenvalue weighted by Crippen LogP contribution is -2.18. The summed E-state index contributed by atoms with van der Waals surface area (Å²) in [5, 5.41) is 9.55. The highest BCUT2D eigenvalue weighted by Crippen LogP contribution is 2.08. The van der Waals surface area contributed by atoms with Gasteiger partial charge in [0.1, 0.15) is 6.10 Å². The van der Waals surface area contributed by atoms with Crippen LogP contribution in [0.5, 0.6) is 0 Å². The van der Waals surface area contributed by atoms with E-state index in [2.05, 4.69) is 12.0 Å². The minimum atomic E-state index is -0.548. The molecular weight excluding hydrogens is 152 g/mol. The number of aromatic nitrogens is 1. The zero-order valence-electron chi connectivity index (χ0n) is 7.14. The van der Waals surface area contributed by atoms with Crippen LogP contribution in [0.2, 0.25) is 0 Å². The van der Waals surface area contributed by atoms with Crippen molar-refractivity contribution >= 4 is 0 Å². The summed E-state index contributed by atoms with van der Waals surface area (Å²) < 4.78 is 0. The summed E-state index contributed by atoms with van der Waals surface area (Å²) in [7, 11) is 5.46. The van der Waals surface area contributed by atoms with Crippen LogP contribution in [0.4, 0.5) is 0 Å². The molecule has 1 radical (unpaired) electrons. The van der Waals surface area contributed by atoms with Crippen molar-refractivity contribution in [3.63, 3.8) is 0 Å². The molecule has 1 N–H and O–H groups in total. The third-order valence-electron chi connectivity index (χ3n) is 1.51. The maximum atomic E-state index is 9.55. The molecule has 1 heterocycles. The number of aliphatic hydroxyl groups is 1. The normalized spacial score (nSPS) is 13.3. The van der Waals surface area contributed by atoms with Crippen LogP contribution < -0.4 is 0 Å². The van der Waals surface area contributed by atoms with Crippen LogP contribution in [0.15, 0.2) is 24.4 Å². The Bertz CT molecular complexity index is 223. The van der Waals surface area contributed by atoms with E-state index in [-0.39, 0.29) is 0 Å². The van der Waals surface area contributed by atoms with Crippen LogP contribution in [-0.2, 0) is 0 Å². The Morgan fingerprint density at radius 2 is 2.42 bits per heavy atom. The van der Waals surface area contributed by atoms with Gasteiger partial charge in [-0.05, 0) is 19.2 Å². The molecule has 0 saturated heterocycles. The Labute approximate surface area is 72.7 Å². The predicted molar refractivity (Wildman–Crippen MR) is 47.2 cm³/mol. The quantitative estimate of drug-likeness (QED) is 0.721. The Kier molecular flexibility index (Phi) is 3.19. The zero-order chi connectivity index (χ0) is 8.97. The zero-order valence-corrected chi connectivity index (χ0v) is 7.14. The van der Waals surface area contributed by atoms with Gasteiger partial charge in [-0.1, -0.05) is 6.07 Å². The van der Waals surface area contributed by atoms with Gasteiger partial charge in [0.05, 0.1) is 5.69 Å². The number of likely N-dealkylation sites (N-methyl/N-ethyl adjacent to an activating group) is 1. The summed E-state index contributed by atoms with van der Waals surface area (Å²) in [4.78, 5) is 5.71. The topological polar surface area (TPSA) is 36.4 Å². The summed E-state index contributed by atoms with van der Waals surface area (Å²) in [5.41, 5.74) is 0.688. The molecule has 0 aliphatic carbocycles. The fourth-order valence-electron chi connectivity index (χ4n) is 0.962. The van der Waals surface area contributed by atoms with Crippen molar-refractivity contribution in [3.05, 3.63) is 37.1 Å². The van der Waals surface area contributed by atoms with Crippen molar-refractivity contribution < 1.29 is 5.11 Å². The summed E-state index contributed by atoms with van der Waals surface area (Å²) in [6.45, 7) is 0.497. The molecule has 3 nitrogen and oxygen atoms in total. The third-order valence-corrected chi connectivity index (χ3v) is 1.51. The van der Waals surface area contributed by atoms with Gasteiger partial charge in [0.2, 0.25) is 0 Å². The second-order valence-corrected chi connectivity index (χ2v) is 2.81. The van der Waals surface area contributed by atoms with Gasteiger partial charge >= 0.3 is 0 Å². The lowest BCUT2D eigenvalue weighted by molar-refractivity contribution is 0.140. The highest BCUT2D eigenvalue weighted by molar-refractivity contribution is 5.06. The number of nitrogens with zero attached hydrogens (tertiary/aromatic N) is 2. The van der Waals surface area contributed by atoms with Crippen LogP contribution in [0.25, 0.3) is 0 Å². The second-order valence-electron chi connectivity index (χ2n) is 2.81. The van der Waals surface area contributed by atoms with Crippen LogP contribution in [-0.4, -0.2) is 28.6 Å². The smallest absolute Gasteiger partial charge is 0.109 e. The summed E-state index contributed by atoms with van der Waals surface area (Å²) in [5.74, 6) is 0. The van der Waals surface area contributed by atoms with Gasteiger partial charge < -0.3 is 10.0 Å². The number of hydrogen-bond acceptors (Lipinski definition) is 3. The highest BCUT2D eigenvalue weighted by Gasteiger charge is 2.08. The summed E-state index contributed by atoms with van der Waals surface area (Å²) >= 11 is 0. The van der Waals surface area contributed by atoms with Gasteiger partial charge in [0.15, 0.2) is 0 Å². The number of rotatable bonds is 3. The van der Waals surface area contributed by atoms with E-state index in [1.807, 2.05) is 19.2 Å². The van der Waals surface area contributed by atoms with Gasteiger partial charge in [-0.15, -0.1) is 0 Å². The molecule has 0 bridgehead atoms. The molecule has 0 spiro atoms. The van der Waals surface area contributed by atoms with Crippen LogP contribution in [0.3, 0.4) is 0 Å². The summed E-state index contributed by atoms with van der Waals surface area (Å²) in [6.07, 6.45) is 1.12. The first-order valence-corrected chi connectivity index (χ1v) is 3.81.